The largest absolute Gasteiger partial charge is 0.494 e. The number of ketones is 1. The van der Waals surface area contributed by atoms with Gasteiger partial charge in [0.2, 0.25) is 0 Å². The molecular formula is C28H39N3O3. The Morgan fingerprint density at radius 1 is 1.09 bits per heavy atom. The third-order valence-electron chi connectivity index (χ3n) is 10.6. The molecule has 1 N–H and O–H groups in total. The molecule has 0 aliphatic heterocycles. The number of para-hydroxylation sites is 1. The highest BCUT2D eigenvalue weighted by Crippen LogP contribution is 2.64. The summed E-state index contributed by atoms with van der Waals surface area (Å²) in [6.45, 7) is 4.73. The summed E-state index contributed by atoms with van der Waals surface area (Å²) in [7, 11) is 1.65. The first-order chi connectivity index (χ1) is 16.3. The summed E-state index contributed by atoms with van der Waals surface area (Å²) in [5.41, 5.74) is 1.22. The van der Waals surface area contributed by atoms with Gasteiger partial charge in [0.15, 0.2) is 5.78 Å². The van der Waals surface area contributed by atoms with Gasteiger partial charge in [-0.15, -0.1) is 5.10 Å². The monoisotopic (exact) mass is 465 g/mol. The minimum absolute atomic E-state index is 0.103. The van der Waals surface area contributed by atoms with Crippen LogP contribution in [0.25, 0.3) is 11.0 Å². The molecule has 4 aliphatic carbocycles. The lowest BCUT2D eigenvalue weighted by Gasteiger charge is -2.56. The number of benzene rings is 1. The molecular weight excluding hydrogens is 426 g/mol. The highest BCUT2D eigenvalue weighted by molar-refractivity contribution is 5.86. The minimum atomic E-state index is -0.462. The third kappa shape index (κ3) is 3.42. The average Bonchev–Trinajstić information content (AvgIpc) is 3.38. The Balaban J connectivity index is 1.21. The molecule has 1 aromatic carbocycles. The highest BCUT2D eigenvalue weighted by Gasteiger charge is 2.58. The quantitative estimate of drug-likeness (QED) is 0.685. The first kappa shape index (κ1) is 22.5. The molecule has 34 heavy (non-hydrogen) atoms. The molecule has 8 unspecified atom stereocenters. The van der Waals surface area contributed by atoms with Crippen molar-refractivity contribution in [1.29, 1.82) is 0 Å². The van der Waals surface area contributed by atoms with Gasteiger partial charge in [0.25, 0.3) is 0 Å². The Morgan fingerprint density at radius 3 is 2.74 bits per heavy atom. The Labute approximate surface area is 202 Å². The van der Waals surface area contributed by atoms with Crippen molar-refractivity contribution in [2.45, 2.75) is 83.8 Å². The normalized spacial score (nSPS) is 41.5. The first-order valence-electron chi connectivity index (χ1n) is 13.4. The van der Waals surface area contributed by atoms with Gasteiger partial charge in [0.1, 0.15) is 23.3 Å². The Bertz CT molecular complexity index is 1090. The molecule has 6 rings (SSSR count). The predicted octanol–water partition coefficient (Wildman–Crippen LogP) is 5.03. The summed E-state index contributed by atoms with van der Waals surface area (Å²) >= 11 is 0. The van der Waals surface area contributed by atoms with Crippen LogP contribution in [0.15, 0.2) is 18.2 Å². The lowest BCUT2D eigenvalue weighted by atomic mass is 9.49. The van der Waals surface area contributed by atoms with E-state index in [0.717, 1.165) is 60.2 Å². The summed E-state index contributed by atoms with van der Waals surface area (Å²) in [5.74, 6) is 4.83. The first-order valence-corrected chi connectivity index (χ1v) is 13.4. The molecule has 0 spiro atoms. The second kappa shape index (κ2) is 8.04. The number of carbonyl (C=O) groups excluding carboxylic acids is 1. The zero-order valence-corrected chi connectivity index (χ0v) is 20.9. The second-order valence-corrected chi connectivity index (χ2v) is 12.4. The van der Waals surface area contributed by atoms with Crippen LogP contribution in [0.4, 0.5) is 0 Å². The van der Waals surface area contributed by atoms with Gasteiger partial charge < -0.3 is 9.84 Å². The average molecular weight is 466 g/mol. The number of ether oxygens (including phenoxy) is 1. The molecule has 1 aromatic heterocycles. The number of rotatable bonds is 4. The van der Waals surface area contributed by atoms with E-state index in [0.29, 0.717) is 17.6 Å². The smallest absolute Gasteiger partial charge is 0.157 e. The van der Waals surface area contributed by atoms with Crippen molar-refractivity contribution in [3.63, 3.8) is 0 Å². The van der Waals surface area contributed by atoms with E-state index >= 15 is 0 Å². The number of hydrogen-bond acceptors (Lipinski definition) is 5. The number of fused-ring (bicyclic) bond motifs is 6. The van der Waals surface area contributed by atoms with E-state index < -0.39 is 5.60 Å². The molecule has 1 heterocycles. The fourth-order valence-electron chi connectivity index (χ4n) is 9.14. The molecule has 6 nitrogen and oxygen atoms in total. The molecule has 4 fully saturated rings. The van der Waals surface area contributed by atoms with Crippen molar-refractivity contribution in [2.24, 2.45) is 40.9 Å². The van der Waals surface area contributed by atoms with E-state index in [1.54, 1.807) is 11.8 Å². The van der Waals surface area contributed by atoms with Gasteiger partial charge in [-0.25, -0.2) is 4.68 Å². The van der Waals surface area contributed by atoms with Crippen LogP contribution >= 0.6 is 0 Å². The number of aromatic nitrogens is 3. The van der Waals surface area contributed by atoms with Gasteiger partial charge >= 0.3 is 0 Å². The number of aliphatic hydroxyl groups is 1. The topological polar surface area (TPSA) is 77.2 Å². The number of carbonyl (C=O) groups is 1. The maximum Gasteiger partial charge on any atom is 0.157 e. The molecule has 2 aromatic rings. The number of Topliss-reactive ketones (excluding diaryl/α,β-unsaturated/α-hetero) is 1. The zero-order chi connectivity index (χ0) is 23.7. The standard InChI is InChI=1S/C28H39N3O3/c1-27(33)13-11-18-17(15-27)7-8-20-19(18)12-14-28(2)21(20)9-10-22(28)24(32)16-31-26-23(29-30-31)5-4-6-25(26)34-3/h4-6,17-22,33H,7-16H2,1-3H3. The molecule has 0 amide bonds. The maximum atomic E-state index is 13.7. The van der Waals surface area contributed by atoms with Crippen LogP contribution < -0.4 is 4.74 Å². The van der Waals surface area contributed by atoms with E-state index in [1.165, 1.54) is 32.1 Å². The van der Waals surface area contributed by atoms with Crippen LogP contribution in [0.5, 0.6) is 5.75 Å². The van der Waals surface area contributed by atoms with Crippen molar-refractivity contribution in [3.05, 3.63) is 18.2 Å². The van der Waals surface area contributed by atoms with E-state index in [2.05, 4.69) is 17.2 Å². The van der Waals surface area contributed by atoms with E-state index in [1.807, 2.05) is 25.1 Å². The summed E-state index contributed by atoms with van der Waals surface area (Å²) in [6.07, 6.45) is 10.3. The van der Waals surface area contributed by atoms with Crippen molar-refractivity contribution >= 4 is 16.8 Å². The van der Waals surface area contributed by atoms with Crippen LogP contribution in [0.3, 0.4) is 0 Å². The van der Waals surface area contributed by atoms with Crippen LogP contribution in [0.1, 0.15) is 71.6 Å². The van der Waals surface area contributed by atoms with Crippen LogP contribution in [0.2, 0.25) is 0 Å². The Kier molecular flexibility index (Phi) is 5.32. The lowest BCUT2D eigenvalue weighted by Crippen LogP contribution is -2.51. The van der Waals surface area contributed by atoms with Crippen molar-refractivity contribution in [3.8, 4) is 5.75 Å². The lowest BCUT2D eigenvalue weighted by molar-refractivity contribution is -0.133. The highest BCUT2D eigenvalue weighted by atomic mass is 16.5. The minimum Gasteiger partial charge on any atom is -0.494 e. The van der Waals surface area contributed by atoms with Crippen molar-refractivity contribution in [2.75, 3.05) is 7.11 Å². The van der Waals surface area contributed by atoms with Gasteiger partial charge in [0, 0.05) is 5.92 Å². The molecule has 0 saturated heterocycles. The Morgan fingerprint density at radius 2 is 1.91 bits per heavy atom. The van der Waals surface area contributed by atoms with Gasteiger partial charge in [-0.3, -0.25) is 4.79 Å². The van der Waals surface area contributed by atoms with Gasteiger partial charge in [-0.1, -0.05) is 18.2 Å². The molecule has 4 aliphatic rings. The van der Waals surface area contributed by atoms with Crippen molar-refractivity contribution < 1.29 is 14.6 Å². The molecule has 4 saturated carbocycles. The fraction of sp³-hybridized carbons (Fsp3) is 0.750. The van der Waals surface area contributed by atoms with Gasteiger partial charge in [0.05, 0.1) is 12.7 Å². The second-order valence-electron chi connectivity index (χ2n) is 12.4. The number of methoxy groups -OCH3 is 1. The summed E-state index contributed by atoms with van der Waals surface area (Å²) in [5, 5.41) is 19.2. The third-order valence-corrected chi connectivity index (χ3v) is 10.6. The SMILES string of the molecule is COc1cccc2nnn(CC(=O)C3CCC4C5CCC6CC(C)(O)CCC6C5CCC34C)c12. The van der Waals surface area contributed by atoms with Crippen LogP contribution in [0, 0.1) is 40.9 Å². The Hall–Kier alpha value is -1.95. The van der Waals surface area contributed by atoms with E-state index in [9.17, 15) is 9.90 Å². The molecule has 184 valence electrons. The van der Waals surface area contributed by atoms with Crippen molar-refractivity contribution in [1.82, 2.24) is 15.0 Å². The molecule has 8 atom stereocenters. The van der Waals surface area contributed by atoms with E-state index in [4.69, 9.17) is 4.74 Å². The summed E-state index contributed by atoms with van der Waals surface area (Å²) < 4.78 is 7.27. The summed E-state index contributed by atoms with van der Waals surface area (Å²) in [6, 6.07) is 5.73. The van der Waals surface area contributed by atoms with Gasteiger partial charge in [-0.2, -0.15) is 0 Å². The predicted molar refractivity (Wildman–Crippen MR) is 130 cm³/mol. The zero-order valence-electron chi connectivity index (χ0n) is 20.9. The molecule has 0 radical (unpaired) electrons. The van der Waals surface area contributed by atoms with Gasteiger partial charge in [-0.05, 0) is 112 Å². The van der Waals surface area contributed by atoms with Crippen LogP contribution in [-0.4, -0.2) is 38.6 Å². The fourth-order valence-corrected chi connectivity index (χ4v) is 9.14. The number of nitrogens with zero attached hydrogens (tertiary/aromatic N) is 3. The molecule has 6 heteroatoms. The molecule has 0 bridgehead atoms. The maximum absolute atomic E-state index is 13.7. The number of hydrogen-bond donors (Lipinski definition) is 1. The summed E-state index contributed by atoms with van der Waals surface area (Å²) in [4.78, 5) is 13.7. The van der Waals surface area contributed by atoms with Crippen LogP contribution in [-0.2, 0) is 11.3 Å². The van der Waals surface area contributed by atoms with E-state index in [-0.39, 0.29) is 17.9 Å².